The summed E-state index contributed by atoms with van der Waals surface area (Å²) in [6.45, 7) is -0.849. The van der Waals surface area contributed by atoms with Crippen molar-refractivity contribution < 1.29 is 44.3 Å². The Balaban J connectivity index is 1.75. The maximum atomic E-state index is 14.1. The molecule has 1 aliphatic carbocycles. The Hall–Kier alpha value is -2.68. The lowest BCUT2D eigenvalue weighted by Crippen LogP contribution is -2.36. The summed E-state index contributed by atoms with van der Waals surface area (Å²) in [5.74, 6) is -3.09. The van der Waals surface area contributed by atoms with Crippen LogP contribution < -0.4 is 5.32 Å². The predicted octanol–water partition coefficient (Wildman–Crippen LogP) is 3.80. The van der Waals surface area contributed by atoms with E-state index in [0.717, 1.165) is 18.5 Å². The molecule has 1 amide bonds. The van der Waals surface area contributed by atoms with Crippen LogP contribution in [0.25, 0.3) is 0 Å². The molecule has 8 nitrogen and oxygen atoms in total. The molecule has 192 valence electrons. The van der Waals surface area contributed by atoms with Crippen LogP contribution in [0.2, 0.25) is 0 Å². The van der Waals surface area contributed by atoms with Gasteiger partial charge in [0.1, 0.15) is 11.3 Å². The molecule has 35 heavy (non-hydrogen) atoms. The number of carbonyl (C=O) groups is 1. The van der Waals surface area contributed by atoms with Gasteiger partial charge in [-0.15, -0.1) is 0 Å². The highest BCUT2D eigenvalue weighted by molar-refractivity contribution is 7.90. The van der Waals surface area contributed by atoms with E-state index < -0.39 is 74.6 Å². The lowest BCUT2D eigenvalue weighted by Gasteiger charge is -2.22. The van der Waals surface area contributed by atoms with Crippen molar-refractivity contribution in [3.05, 3.63) is 35.3 Å². The van der Waals surface area contributed by atoms with Crippen molar-refractivity contribution >= 4 is 21.4 Å². The molecule has 0 spiro atoms. The largest absolute Gasteiger partial charge is 0.420 e. The van der Waals surface area contributed by atoms with Crippen LogP contribution in [0.1, 0.15) is 46.9 Å². The maximum absolute atomic E-state index is 14.1. The summed E-state index contributed by atoms with van der Waals surface area (Å²) in [6, 6.07) is 2.14. The summed E-state index contributed by atoms with van der Waals surface area (Å²) in [5.41, 5.74) is -2.80. The van der Waals surface area contributed by atoms with Crippen LogP contribution in [-0.2, 0) is 27.3 Å². The number of pyridine rings is 1. The molecule has 2 aromatic rings. The highest BCUT2D eigenvalue weighted by Gasteiger charge is 2.50. The summed E-state index contributed by atoms with van der Waals surface area (Å²) < 4.78 is 111. The summed E-state index contributed by atoms with van der Waals surface area (Å²) in [5, 5.41) is 5.73. The number of hydrogen-bond donors (Lipinski definition) is 1. The molecule has 1 saturated heterocycles. The number of alkyl halides is 6. The van der Waals surface area contributed by atoms with E-state index in [4.69, 9.17) is 4.74 Å². The fraction of sp³-hybridized carbons (Fsp3) is 0.550. The molecule has 0 bridgehead atoms. The molecule has 2 atom stereocenters. The fourth-order valence-corrected chi connectivity index (χ4v) is 4.64. The molecular weight excluding hydrogens is 506 g/mol. The van der Waals surface area contributed by atoms with Gasteiger partial charge >= 0.3 is 12.4 Å². The predicted molar refractivity (Wildman–Crippen MR) is 108 cm³/mol. The minimum absolute atomic E-state index is 0.0761. The van der Waals surface area contributed by atoms with Crippen LogP contribution in [0.15, 0.2) is 23.4 Å². The van der Waals surface area contributed by atoms with Crippen LogP contribution >= 0.6 is 0 Å². The van der Waals surface area contributed by atoms with Crippen LogP contribution in [0.5, 0.6) is 0 Å². The summed E-state index contributed by atoms with van der Waals surface area (Å²) in [4.78, 5) is 16.7. The molecule has 0 radical (unpaired) electrons. The van der Waals surface area contributed by atoms with Gasteiger partial charge in [-0.25, -0.2) is 13.4 Å². The van der Waals surface area contributed by atoms with E-state index in [2.05, 4.69) is 15.4 Å². The standard InChI is InChI=1S/C20H20F6N4O4S/c1-35(32,33)13-8-12(4-6-27-13)28-18(31)16-14(19(21,22)23)15(10-2-3-10)29-30(16)9-11-5-7-34-17(11)20(24,25)26/h4,6,8,10-11,17H,2-3,5,7,9H2,1H3,(H,27,28,31). The average molecular weight is 526 g/mol. The van der Waals surface area contributed by atoms with Crippen LogP contribution in [0.4, 0.5) is 32.0 Å². The maximum Gasteiger partial charge on any atom is 0.420 e. The number of nitrogens with zero attached hydrogens (tertiary/aromatic N) is 3. The van der Waals surface area contributed by atoms with Gasteiger partial charge in [0, 0.05) is 43.1 Å². The van der Waals surface area contributed by atoms with Gasteiger partial charge in [-0.3, -0.25) is 9.48 Å². The quantitative estimate of drug-likeness (QED) is 0.575. The number of halogens is 6. The second kappa shape index (κ2) is 8.76. The normalized spacial score (nSPS) is 21.3. The van der Waals surface area contributed by atoms with E-state index in [1.165, 1.54) is 6.07 Å². The molecule has 15 heteroatoms. The Morgan fingerprint density at radius 3 is 2.46 bits per heavy atom. The molecule has 2 aromatic heterocycles. The van der Waals surface area contributed by atoms with Crippen LogP contribution in [0, 0.1) is 5.92 Å². The number of anilines is 1. The molecule has 1 aliphatic heterocycles. The van der Waals surface area contributed by atoms with E-state index >= 15 is 0 Å². The van der Waals surface area contributed by atoms with Crippen molar-refractivity contribution in [2.45, 2.75) is 55.2 Å². The van der Waals surface area contributed by atoms with Gasteiger partial charge in [-0.1, -0.05) is 0 Å². The van der Waals surface area contributed by atoms with Gasteiger partial charge in [-0.2, -0.15) is 31.4 Å². The SMILES string of the molecule is CS(=O)(=O)c1cc(NC(=O)c2c(C(F)(F)F)c(C3CC3)nn2CC2CCOC2C(F)(F)F)ccn1. The second-order valence-electron chi connectivity index (χ2n) is 8.55. The molecule has 2 aliphatic rings. The zero-order valence-corrected chi connectivity index (χ0v) is 19.0. The summed E-state index contributed by atoms with van der Waals surface area (Å²) in [6.07, 6.45) is -9.29. The number of amides is 1. The van der Waals surface area contributed by atoms with Gasteiger partial charge in [0.05, 0.1) is 5.69 Å². The van der Waals surface area contributed by atoms with Crippen molar-refractivity contribution in [2.24, 2.45) is 5.92 Å². The van der Waals surface area contributed by atoms with Crippen molar-refractivity contribution in [2.75, 3.05) is 18.2 Å². The average Bonchev–Trinajstić information content (AvgIpc) is 3.32. The van der Waals surface area contributed by atoms with Crippen molar-refractivity contribution in [3.8, 4) is 0 Å². The summed E-state index contributed by atoms with van der Waals surface area (Å²) in [7, 11) is -3.78. The van der Waals surface area contributed by atoms with Crippen LogP contribution in [-0.4, -0.2) is 54.2 Å². The van der Waals surface area contributed by atoms with Gasteiger partial charge in [0.25, 0.3) is 5.91 Å². The Kier molecular flexibility index (Phi) is 6.36. The number of aromatic nitrogens is 3. The van der Waals surface area contributed by atoms with E-state index in [-0.39, 0.29) is 18.7 Å². The zero-order valence-electron chi connectivity index (χ0n) is 18.2. The highest BCUT2D eigenvalue weighted by Crippen LogP contribution is 2.47. The van der Waals surface area contributed by atoms with Gasteiger partial charge in [0.2, 0.25) is 0 Å². The molecule has 1 N–H and O–H groups in total. The van der Waals surface area contributed by atoms with Crippen LogP contribution in [0.3, 0.4) is 0 Å². The molecule has 0 aromatic carbocycles. The van der Waals surface area contributed by atoms with Crippen molar-refractivity contribution in [3.63, 3.8) is 0 Å². The van der Waals surface area contributed by atoms with E-state index in [1.807, 2.05) is 0 Å². The van der Waals surface area contributed by atoms with E-state index in [9.17, 15) is 39.6 Å². The lowest BCUT2D eigenvalue weighted by molar-refractivity contribution is -0.217. The third-order valence-corrected chi connectivity index (χ3v) is 6.74. The van der Waals surface area contributed by atoms with Gasteiger partial charge in [0.15, 0.2) is 21.0 Å². The highest BCUT2D eigenvalue weighted by atomic mass is 32.2. The van der Waals surface area contributed by atoms with Gasteiger partial charge in [-0.05, 0) is 31.4 Å². The molecule has 1 saturated carbocycles. The Morgan fingerprint density at radius 1 is 1.20 bits per heavy atom. The number of hydrogen-bond acceptors (Lipinski definition) is 6. The molecule has 4 rings (SSSR count). The molecule has 2 unspecified atom stereocenters. The summed E-state index contributed by atoms with van der Waals surface area (Å²) >= 11 is 0. The van der Waals surface area contributed by atoms with E-state index in [0.29, 0.717) is 17.5 Å². The van der Waals surface area contributed by atoms with E-state index in [1.54, 1.807) is 0 Å². The molecule has 3 heterocycles. The third-order valence-electron chi connectivity index (χ3n) is 5.76. The molecule has 2 fully saturated rings. The number of nitrogens with one attached hydrogen (secondary N) is 1. The Bertz CT molecular complexity index is 1240. The lowest BCUT2D eigenvalue weighted by atomic mass is 10.0. The van der Waals surface area contributed by atoms with Crippen molar-refractivity contribution in [1.29, 1.82) is 0 Å². The monoisotopic (exact) mass is 526 g/mol. The Labute approximate surface area is 195 Å². The van der Waals surface area contributed by atoms with Gasteiger partial charge < -0.3 is 10.1 Å². The minimum Gasteiger partial charge on any atom is -0.368 e. The minimum atomic E-state index is -5.01. The van der Waals surface area contributed by atoms with Crippen molar-refractivity contribution in [1.82, 2.24) is 14.8 Å². The molecular formula is C20H20F6N4O4S. The first kappa shape index (κ1) is 25.4. The number of sulfone groups is 1. The number of rotatable bonds is 6. The topological polar surface area (TPSA) is 103 Å². The smallest absolute Gasteiger partial charge is 0.368 e. The zero-order chi connectivity index (χ0) is 25.8. The fourth-order valence-electron chi connectivity index (χ4n) is 4.05. The third kappa shape index (κ3) is 5.44. The first-order chi connectivity index (χ1) is 16.2. The second-order valence-corrected chi connectivity index (χ2v) is 10.5. The Morgan fingerprint density at radius 2 is 1.89 bits per heavy atom. The first-order valence-electron chi connectivity index (χ1n) is 10.5. The number of ether oxygens (including phenoxy) is 1. The first-order valence-corrected chi connectivity index (χ1v) is 12.4. The number of carbonyl (C=O) groups excluding carboxylic acids is 1.